The van der Waals surface area contributed by atoms with Gasteiger partial charge in [-0.1, -0.05) is 13.3 Å². The lowest BCUT2D eigenvalue weighted by Gasteiger charge is -2.18. The monoisotopic (exact) mass is 253 g/mol. The molecule has 0 saturated heterocycles. The number of carboxylic acids is 1. The Labute approximate surface area is 96.0 Å². The Morgan fingerprint density at radius 2 is 2.06 bits per heavy atom. The van der Waals surface area contributed by atoms with Crippen LogP contribution in [-0.2, 0) is 19.6 Å². The maximum atomic E-state index is 11.6. The zero-order chi connectivity index (χ0) is 12.8. The summed E-state index contributed by atoms with van der Waals surface area (Å²) in [4.78, 5) is 10.6. The maximum absolute atomic E-state index is 11.6. The molecule has 96 valence electrons. The van der Waals surface area contributed by atoms with E-state index >= 15 is 0 Å². The molecule has 0 aliphatic heterocycles. The lowest BCUT2D eigenvalue weighted by Crippen LogP contribution is -2.44. The average Bonchev–Trinajstić information content (AvgIpc) is 2.16. The van der Waals surface area contributed by atoms with Crippen molar-refractivity contribution in [2.75, 3.05) is 13.7 Å². The van der Waals surface area contributed by atoms with Gasteiger partial charge in [-0.05, 0) is 13.3 Å². The molecule has 2 unspecified atom stereocenters. The summed E-state index contributed by atoms with van der Waals surface area (Å²) in [6.07, 6.45) is 1.40. The Hall–Kier alpha value is -0.660. The van der Waals surface area contributed by atoms with Gasteiger partial charge < -0.3 is 9.84 Å². The Kier molecular flexibility index (Phi) is 6.54. The van der Waals surface area contributed by atoms with Crippen LogP contribution in [0.3, 0.4) is 0 Å². The molecule has 0 aliphatic carbocycles. The molecule has 2 N–H and O–H groups in total. The first kappa shape index (κ1) is 15.3. The van der Waals surface area contributed by atoms with Crippen molar-refractivity contribution in [2.45, 2.75) is 38.0 Å². The number of nitrogens with one attached hydrogen (secondary N) is 1. The maximum Gasteiger partial charge on any atom is 0.323 e. The van der Waals surface area contributed by atoms with Gasteiger partial charge in [-0.25, -0.2) is 13.1 Å². The number of methoxy groups -OCH3 is 1. The van der Waals surface area contributed by atoms with E-state index in [4.69, 9.17) is 9.84 Å². The summed E-state index contributed by atoms with van der Waals surface area (Å²) in [6.45, 7) is 3.29. The number of rotatable bonds is 8. The molecule has 0 aromatic heterocycles. The molecule has 0 heterocycles. The summed E-state index contributed by atoms with van der Waals surface area (Å²) in [7, 11) is -2.36. The summed E-state index contributed by atoms with van der Waals surface area (Å²) >= 11 is 0. The molecule has 0 amide bonds. The van der Waals surface area contributed by atoms with Crippen molar-refractivity contribution in [1.29, 1.82) is 0 Å². The third-order valence-corrected chi connectivity index (χ3v) is 3.94. The number of aliphatic carboxylic acids is 1. The first-order chi connectivity index (χ1) is 7.35. The van der Waals surface area contributed by atoms with Gasteiger partial charge in [0.25, 0.3) is 0 Å². The highest BCUT2D eigenvalue weighted by atomic mass is 32.2. The zero-order valence-corrected chi connectivity index (χ0v) is 10.6. The van der Waals surface area contributed by atoms with Crippen LogP contribution in [-0.4, -0.2) is 44.5 Å². The van der Waals surface area contributed by atoms with Gasteiger partial charge in [0, 0.05) is 13.2 Å². The second-order valence-corrected chi connectivity index (χ2v) is 5.62. The summed E-state index contributed by atoms with van der Waals surface area (Å²) in [5, 5.41) is 7.18. The highest BCUT2D eigenvalue weighted by molar-refractivity contribution is 7.90. The van der Waals surface area contributed by atoms with Crippen molar-refractivity contribution in [1.82, 2.24) is 4.72 Å². The van der Waals surface area contributed by atoms with E-state index in [2.05, 4.69) is 4.72 Å². The molecule has 2 atom stereocenters. The van der Waals surface area contributed by atoms with E-state index in [1.165, 1.54) is 7.11 Å². The molecule has 16 heavy (non-hydrogen) atoms. The fraction of sp³-hybridized carbons (Fsp3) is 0.889. The number of sulfonamides is 1. The van der Waals surface area contributed by atoms with Crippen LogP contribution < -0.4 is 4.72 Å². The van der Waals surface area contributed by atoms with Gasteiger partial charge in [-0.15, -0.1) is 0 Å². The molecule has 0 spiro atoms. The van der Waals surface area contributed by atoms with Crippen LogP contribution in [0.15, 0.2) is 0 Å². The molecule has 0 saturated carbocycles. The topological polar surface area (TPSA) is 92.7 Å². The lowest BCUT2D eigenvalue weighted by molar-refractivity contribution is -0.136. The summed E-state index contributed by atoms with van der Waals surface area (Å²) < 4.78 is 30.4. The number of hydrogen-bond donors (Lipinski definition) is 2. The van der Waals surface area contributed by atoms with E-state index in [-0.39, 0.29) is 12.6 Å². The van der Waals surface area contributed by atoms with Crippen LogP contribution in [0.5, 0.6) is 0 Å². The van der Waals surface area contributed by atoms with Crippen molar-refractivity contribution in [2.24, 2.45) is 0 Å². The van der Waals surface area contributed by atoms with Crippen LogP contribution in [0.4, 0.5) is 0 Å². The molecule has 0 bridgehead atoms. The first-order valence-corrected chi connectivity index (χ1v) is 6.62. The molecule has 0 radical (unpaired) electrons. The molecule has 6 nitrogen and oxygen atoms in total. The van der Waals surface area contributed by atoms with Gasteiger partial charge in [-0.3, -0.25) is 4.79 Å². The zero-order valence-electron chi connectivity index (χ0n) is 9.76. The fourth-order valence-electron chi connectivity index (χ4n) is 1.19. The van der Waals surface area contributed by atoms with Crippen LogP contribution in [0, 0.1) is 0 Å². The number of ether oxygens (including phenoxy) is 1. The lowest BCUT2D eigenvalue weighted by atomic mass is 10.2. The third-order valence-electron chi connectivity index (χ3n) is 2.15. The van der Waals surface area contributed by atoms with Crippen molar-refractivity contribution in [3.63, 3.8) is 0 Å². The molecular weight excluding hydrogens is 234 g/mol. The molecular formula is C9H19NO5S. The van der Waals surface area contributed by atoms with Crippen LogP contribution >= 0.6 is 0 Å². The van der Waals surface area contributed by atoms with Crippen LogP contribution in [0.2, 0.25) is 0 Å². The normalized spacial score (nSPS) is 15.7. The van der Waals surface area contributed by atoms with E-state index in [0.29, 0.717) is 6.42 Å². The van der Waals surface area contributed by atoms with Crippen molar-refractivity contribution >= 4 is 16.0 Å². The molecule has 7 heteroatoms. The number of carbonyl (C=O) groups is 1. The molecule has 0 rings (SSSR count). The number of carboxylic acid groups (broad SMARTS) is 1. The van der Waals surface area contributed by atoms with Gasteiger partial charge in [-0.2, -0.15) is 0 Å². The second-order valence-electron chi connectivity index (χ2n) is 3.58. The van der Waals surface area contributed by atoms with E-state index in [1.807, 2.05) is 6.92 Å². The van der Waals surface area contributed by atoms with Gasteiger partial charge in [0.15, 0.2) is 5.25 Å². The summed E-state index contributed by atoms with van der Waals surface area (Å²) in [5.74, 6) is -1.36. The smallest absolute Gasteiger partial charge is 0.323 e. The third kappa shape index (κ3) is 4.91. The molecule has 0 aromatic carbocycles. The van der Waals surface area contributed by atoms with Crippen LogP contribution in [0.1, 0.15) is 26.7 Å². The van der Waals surface area contributed by atoms with E-state index in [1.54, 1.807) is 0 Å². The minimum absolute atomic E-state index is 0.236. The van der Waals surface area contributed by atoms with Crippen molar-refractivity contribution < 1.29 is 23.1 Å². The molecule has 0 fully saturated rings. The van der Waals surface area contributed by atoms with Gasteiger partial charge >= 0.3 is 5.97 Å². The van der Waals surface area contributed by atoms with Crippen LogP contribution in [0.25, 0.3) is 0 Å². The Bertz CT molecular complexity index is 308. The Morgan fingerprint density at radius 3 is 2.44 bits per heavy atom. The SMILES string of the molecule is CCCC(COC)NS(=O)(=O)C(C)C(=O)O. The second kappa shape index (κ2) is 6.82. The first-order valence-electron chi connectivity index (χ1n) is 5.08. The summed E-state index contributed by atoms with van der Waals surface area (Å²) in [6, 6.07) is -0.373. The highest BCUT2D eigenvalue weighted by Crippen LogP contribution is 2.04. The largest absolute Gasteiger partial charge is 0.480 e. The van der Waals surface area contributed by atoms with E-state index in [9.17, 15) is 13.2 Å². The number of hydrogen-bond acceptors (Lipinski definition) is 4. The standard InChI is InChI=1S/C9H19NO5S/c1-4-5-8(6-15-3)10-16(13,14)7(2)9(11)12/h7-8,10H,4-6H2,1-3H3,(H,11,12). The van der Waals surface area contributed by atoms with Gasteiger partial charge in [0.2, 0.25) is 10.0 Å². The Morgan fingerprint density at radius 1 is 1.50 bits per heavy atom. The Balaban J connectivity index is 4.58. The average molecular weight is 253 g/mol. The van der Waals surface area contributed by atoms with Gasteiger partial charge in [0.1, 0.15) is 0 Å². The fourth-order valence-corrected chi connectivity index (χ4v) is 2.31. The summed E-state index contributed by atoms with van der Waals surface area (Å²) in [5.41, 5.74) is 0. The predicted octanol–water partition coefficient (Wildman–Crippen LogP) is 0.194. The quantitative estimate of drug-likeness (QED) is 0.644. The molecule has 0 aromatic rings. The van der Waals surface area contributed by atoms with Gasteiger partial charge in [0.05, 0.1) is 6.61 Å². The van der Waals surface area contributed by atoms with E-state index in [0.717, 1.165) is 13.3 Å². The van der Waals surface area contributed by atoms with Crippen molar-refractivity contribution in [3.8, 4) is 0 Å². The minimum atomic E-state index is -3.83. The van der Waals surface area contributed by atoms with E-state index < -0.39 is 21.2 Å². The minimum Gasteiger partial charge on any atom is -0.480 e. The predicted molar refractivity (Wildman–Crippen MR) is 59.7 cm³/mol. The van der Waals surface area contributed by atoms with Crippen molar-refractivity contribution in [3.05, 3.63) is 0 Å². The highest BCUT2D eigenvalue weighted by Gasteiger charge is 2.29. The molecule has 0 aliphatic rings.